The fourth-order valence-electron chi connectivity index (χ4n) is 2.55. The molecular formula is C14H21NO3S. The Hall–Kier alpha value is -1.07. The molecule has 0 N–H and O–H groups in total. The molecule has 0 unspecified atom stereocenters. The Morgan fingerprint density at radius 1 is 1.11 bits per heavy atom. The molecule has 0 heterocycles. The molecule has 0 bridgehead atoms. The normalized spacial score (nSPS) is 17.6. The molecule has 1 aromatic carbocycles. The molecule has 1 saturated carbocycles. The molecule has 0 spiro atoms. The van der Waals surface area contributed by atoms with Gasteiger partial charge in [0.05, 0.1) is 12.0 Å². The van der Waals surface area contributed by atoms with Crippen molar-refractivity contribution >= 4 is 10.0 Å². The average molecular weight is 283 g/mol. The number of hydrogen-bond acceptors (Lipinski definition) is 3. The van der Waals surface area contributed by atoms with Crippen LogP contribution in [0.1, 0.15) is 32.1 Å². The number of nitrogens with zero attached hydrogens (tertiary/aromatic N) is 1. The van der Waals surface area contributed by atoms with Crippen LogP contribution in [0.5, 0.6) is 5.75 Å². The number of hydrogen-bond donors (Lipinski definition) is 0. The van der Waals surface area contributed by atoms with Crippen LogP contribution in [0.25, 0.3) is 0 Å². The summed E-state index contributed by atoms with van der Waals surface area (Å²) < 4.78 is 31.6. The lowest BCUT2D eigenvalue weighted by Crippen LogP contribution is -2.38. The summed E-state index contributed by atoms with van der Waals surface area (Å²) in [5.41, 5.74) is 0. The fraction of sp³-hybridized carbons (Fsp3) is 0.571. The minimum absolute atomic E-state index is 0.140. The Morgan fingerprint density at radius 3 is 2.21 bits per heavy atom. The van der Waals surface area contributed by atoms with E-state index in [0.717, 1.165) is 25.7 Å². The minimum Gasteiger partial charge on any atom is -0.497 e. The lowest BCUT2D eigenvalue weighted by atomic mass is 9.96. The summed E-state index contributed by atoms with van der Waals surface area (Å²) in [6.45, 7) is 0. The van der Waals surface area contributed by atoms with E-state index < -0.39 is 10.0 Å². The van der Waals surface area contributed by atoms with E-state index in [4.69, 9.17) is 4.74 Å². The molecule has 0 atom stereocenters. The largest absolute Gasteiger partial charge is 0.497 e. The van der Waals surface area contributed by atoms with Gasteiger partial charge in [0, 0.05) is 13.1 Å². The third-order valence-corrected chi connectivity index (χ3v) is 5.75. The summed E-state index contributed by atoms with van der Waals surface area (Å²) in [6, 6.07) is 6.71. The van der Waals surface area contributed by atoms with Gasteiger partial charge in [0.1, 0.15) is 5.75 Å². The summed E-state index contributed by atoms with van der Waals surface area (Å²) in [7, 11) is -0.129. The zero-order valence-corrected chi connectivity index (χ0v) is 12.3. The van der Waals surface area contributed by atoms with Crippen molar-refractivity contribution in [2.75, 3.05) is 14.2 Å². The number of ether oxygens (including phenoxy) is 1. The van der Waals surface area contributed by atoms with Gasteiger partial charge in [-0.2, -0.15) is 4.31 Å². The predicted molar refractivity (Wildman–Crippen MR) is 74.8 cm³/mol. The summed E-state index contributed by atoms with van der Waals surface area (Å²) in [5, 5.41) is 0. The molecule has 0 aromatic heterocycles. The first-order valence-electron chi connectivity index (χ1n) is 6.68. The van der Waals surface area contributed by atoms with Gasteiger partial charge in [0.25, 0.3) is 0 Å². The molecule has 1 aliphatic rings. The molecule has 1 aliphatic carbocycles. The molecular weight excluding hydrogens is 262 g/mol. The monoisotopic (exact) mass is 283 g/mol. The van der Waals surface area contributed by atoms with E-state index in [-0.39, 0.29) is 6.04 Å². The van der Waals surface area contributed by atoms with Crippen LogP contribution in [0.3, 0.4) is 0 Å². The van der Waals surface area contributed by atoms with Gasteiger partial charge in [0.2, 0.25) is 10.0 Å². The van der Waals surface area contributed by atoms with Crippen LogP contribution < -0.4 is 4.74 Å². The number of sulfonamides is 1. The molecule has 0 radical (unpaired) electrons. The Bertz CT molecular complexity index is 504. The van der Waals surface area contributed by atoms with E-state index in [0.29, 0.717) is 10.6 Å². The maximum atomic E-state index is 12.5. The Kier molecular flexibility index (Phi) is 4.47. The van der Waals surface area contributed by atoms with Crippen LogP contribution in [-0.4, -0.2) is 32.9 Å². The van der Waals surface area contributed by atoms with Gasteiger partial charge in [-0.05, 0) is 37.1 Å². The van der Waals surface area contributed by atoms with Crippen molar-refractivity contribution in [2.24, 2.45) is 0 Å². The van der Waals surface area contributed by atoms with Gasteiger partial charge in [0.15, 0.2) is 0 Å². The van der Waals surface area contributed by atoms with E-state index >= 15 is 0 Å². The molecule has 0 aliphatic heterocycles. The standard InChI is InChI=1S/C14H21NO3S/c1-15(12-6-4-3-5-7-12)19(16,17)14-10-8-13(18-2)9-11-14/h8-12H,3-7H2,1-2H3. The topological polar surface area (TPSA) is 46.6 Å². The van der Waals surface area contributed by atoms with Crippen LogP contribution in [0.2, 0.25) is 0 Å². The summed E-state index contributed by atoms with van der Waals surface area (Å²) in [5.74, 6) is 0.666. The summed E-state index contributed by atoms with van der Waals surface area (Å²) in [4.78, 5) is 0.335. The summed E-state index contributed by atoms with van der Waals surface area (Å²) in [6.07, 6.45) is 5.38. The number of methoxy groups -OCH3 is 1. The Labute approximate surface area is 115 Å². The quantitative estimate of drug-likeness (QED) is 0.853. The van der Waals surface area contributed by atoms with Crippen LogP contribution in [0.15, 0.2) is 29.2 Å². The lowest BCUT2D eigenvalue weighted by molar-refractivity contribution is 0.286. The first kappa shape index (κ1) is 14.3. The Morgan fingerprint density at radius 2 is 1.68 bits per heavy atom. The molecule has 0 amide bonds. The second kappa shape index (κ2) is 5.92. The maximum absolute atomic E-state index is 12.5. The molecule has 1 aromatic rings. The minimum atomic E-state index is -3.39. The highest BCUT2D eigenvalue weighted by Gasteiger charge is 2.28. The predicted octanol–water partition coefficient (Wildman–Crippen LogP) is 2.65. The van der Waals surface area contributed by atoms with Crippen molar-refractivity contribution in [3.8, 4) is 5.75 Å². The molecule has 106 valence electrons. The van der Waals surface area contributed by atoms with Crippen molar-refractivity contribution in [2.45, 2.75) is 43.0 Å². The van der Waals surface area contributed by atoms with Crippen molar-refractivity contribution in [3.05, 3.63) is 24.3 Å². The van der Waals surface area contributed by atoms with Gasteiger partial charge < -0.3 is 4.74 Å². The highest BCUT2D eigenvalue weighted by Crippen LogP contribution is 2.27. The maximum Gasteiger partial charge on any atom is 0.243 e. The number of rotatable bonds is 4. The zero-order valence-electron chi connectivity index (χ0n) is 11.5. The van der Waals surface area contributed by atoms with Gasteiger partial charge in [-0.25, -0.2) is 8.42 Å². The SMILES string of the molecule is COc1ccc(S(=O)(=O)N(C)C2CCCCC2)cc1. The van der Waals surface area contributed by atoms with Crippen LogP contribution >= 0.6 is 0 Å². The molecule has 4 nitrogen and oxygen atoms in total. The zero-order chi connectivity index (χ0) is 13.9. The van der Waals surface area contributed by atoms with Gasteiger partial charge in [-0.1, -0.05) is 19.3 Å². The lowest BCUT2D eigenvalue weighted by Gasteiger charge is -2.30. The van der Waals surface area contributed by atoms with Gasteiger partial charge in [-0.3, -0.25) is 0 Å². The number of benzene rings is 1. The van der Waals surface area contributed by atoms with E-state index in [1.165, 1.54) is 10.7 Å². The van der Waals surface area contributed by atoms with E-state index in [2.05, 4.69) is 0 Å². The smallest absolute Gasteiger partial charge is 0.243 e. The van der Waals surface area contributed by atoms with E-state index in [1.807, 2.05) is 0 Å². The van der Waals surface area contributed by atoms with Crippen LogP contribution in [0.4, 0.5) is 0 Å². The fourth-order valence-corrected chi connectivity index (χ4v) is 3.97. The first-order chi connectivity index (χ1) is 9.05. The second-order valence-corrected chi connectivity index (χ2v) is 6.99. The van der Waals surface area contributed by atoms with E-state index in [9.17, 15) is 8.42 Å². The Balaban J connectivity index is 2.19. The highest BCUT2D eigenvalue weighted by molar-refractivity contribution is 7.89. The third kappa shape index (κ3) is 3.09. The molecule has 0 saturated heterocycles. The van der Waals surface area contributed by atoms with Crippen molar-refractivity contribution in [1.29, 1.82) is 0 Å². The van der Waals surface area contributed by atoms with Crippen molar-refractivity contribution in [1.82, 2.24) is 4.31 Å². The van der Waals surface area contributed by atoms with Gasteiger partial charge >= 0.3 is 0 Å². The highest BCUT2D eigenvalue weighted by atomic mass is 32.2. The molecule has 19 heavy (non-hydrogen) atoms. The first-order valence-corrected chi connectivity index (χ1v) is 8.12. The van der Waals surface area contributed by atoms with Crippen LogP contribution in [0, 0.1) is 0 Å². The average Bonchev–Trinajstić information content (AvgIpc) is 2.47. The van der Waals surface area contributed by atoms with Crippen molar-refractivity contribution < 1.29 is 13.2 Å². The third-order valence-electron chi connectivity index (χ3n) is 3.83. The second-order valence-electron chi connectivity index (χ2n) is 4.99. The summed E-state index contributed by atoms with van der Waals surface area (Å²) >= 11 is 0. The van der Waals surface area contributed by atoms with E-state index in [1.54, 1.807) is 38.4 Å². The van der Waals surface area contributed by atoms with Crippen LogP contribution in [-0.2, 0) is 10.0 Å². The van der Waals surface area contributed by atoms with Gasteiger partial charge in [-0.15, -0.1) is 0 Å². The molecule has 2 rings (SSSR count). The van der Waals surface area contributed by atoms with Crippen molar-refractivity contribution in [3.63, 3.8) is 0 Å². The molecule has 1 fully saturated rings. The molecule has 5 heteroatoms.